The van der Waals surface area contributed by atoms with Gasteiger partial charge in [0.25, 0.3) is 0 Å². The summed E-state index contributed by atoms with van der Waals surface area (Å²) in [4.78, 5) is 12.8. The van der Waals surface area contributed by atoms with Crippen LogP contribution in [0.3, 0.4) is 0 Å². The number of aromatic nitrogens is 2. The molecule has 0 aliphatic carbocycles. The van der Waals surface area contributed by atoms with Crippen molar-refractivity contribution >= 4 is 27.0 Å². The summed E-state index contributed by atoms with van der Waals surface area (Å²) in [6.45, 7) is 3.61. The first kappa shape index (κ1) is 27.6. The van der Waals surface area contributed by atoms with E-state index in [1.807, 2.05) is 13.8 Å². The van der Waals surface area contributed by atoms with Gasteiger partial charge in [0.2, 0.25) is 0 Å². The molecule has 0 N–H and O–H groups in total. The number of ether oxygens (including phenoxy) is 1. The molecule has 38 heavy (non-hydrogen) atoms. The third-order valence-corrected chi connectivity index (χ3v) is 7.63. The number of rotatable bonds is 9. The van der Waals surface area contributed by atoms with Gasteiger partial charge in [0.1, 0.15) is 18.0 Å². The van der Waals surface area contributed by atoms with E-state index in [0.29, 0.717) is 22.4 Å². The summed E-state index contributed by atoms with van der Waals surface area (Å²) in [6, 6.07) is 15.5. The number of nitrogens with zero attached hydrogens (tertiary/aromatic N) is 2. The highest BCUT2D eigenvalue weighted by molar-refractivity contribution is 7.90. The highest BCUT2D eigenvalue weighted by Crippen LogP contribution is 2.39. The van der Waals surface area contributed by atoms with Gasteiger partial charge in [-0.05, 0) is 58.8 Å². The van der Waals surface area contributed by atoms with Gasteiger partial charge in [-0.25, -0.2) is 13.1 Å². The van der Waals surface area contributed by atoms with Crippen LogP contribution >= 0.6 is 11.3 Å². The number of benzene rings is 2. The number of halogens is 3. The Bertz CT molecular complexity index is 1570. The van der Waals surface area contributed by atoms with Crippen molar-refractivity contribution in [2.75, 3.05) is 12.9 Å². The minimum absolute atomic E-state index is 0.120. The van der Waals surface area contributed by atoms with Crippen LogP contribution in [0.1, 0.15) is 26.0 Å². The van der Waals surface area contributed by atoms with Crippen molar-refractivity contribution < 1.29 is 31.1 Å². The fraction of sp³-hybridized carbons (Fsp3) is 0.259. The van der Waals surface area contributed by atoms with E-state index < -0.39 is 21.7 Å². The lowest BCUT2D eigenvalue weighted by Gasteiger charge is -2.13. The number of Topliss-reactive ketones (excluding diaryl/α,β-unsaturated/α-hetero) is 1. The van der Waals surface area contributed by atoms with Crippen molar-refractivity contribution in [3.05, 3.63) is 71.7 Å². The van der Waals surface area contributed by atoms with Crippen LogP contribution in [0.4, 0.5) is 13.2 Å². The molecule has 0 unspecified atom stereocenters. The van der Waals surface area contributed by atoms with E-state index in [2.05, 4.69) is 5.10 Å². The van der Waals surface area contributed by atoms with Crippen LogP contribution in [0, 0.1) is 5.92 Å². The summed E-state index contributed by atoms with van der Waals surface area (Å²) >= 11 is 1.20. The van der Waals surface area contributed by atoms with E-state index in [4.69, 9.17) is 4.74 Å². The topological polar surface area (TPSA) is 78.3 Å². The number of sulfone groups is 1. The standard InChI is InChI=1S/C27H25F3N2O4S2/c1-17(2)11-20(33)15-36-24-10-5-4-9-22(24)32-23(14-26(31-32)27(28,29)30)25-13-19(16-37-25)18-7-6-8-21(12-18)38(3,34)35/h4-10,12-14,16-17H,11,15H2,1-3H3. The number of hydrogen-bond acceptors (Lipinski definition) is 6. The van der Waals surface area contributed by atoms with Crippen LogP contribution in [-0.4, -0.2) is 36.8 Å². The molecule has 0 saturated heterocycles. The summed E-state index contributed by atoms with van der Waals surface area (Å²) in [5, 5.41) is 5.59. The Morgan fingerprint density at radius 2 is 1.79 bits per heavy atom. The maximum absolute atomic E-state index is 13.7. The fourth-order valence-corrected chi connectivity index (χ4v) is 5.42. The van der Waals surface area contributed by atoms with Crippen molar-refractivity contribution in [3.8, 4) is 33.1 Å². The Morgan fingerprint density at radius 3 is 2.47 bits per heavy atom. The Morgan fingerprint density at radius 1 is 1.05 bits per heavy atom. The monoisotopic (exact) mass is 562 g/mol. The summed E-state index contributed by atoms with van der Waals surface area (Å²) in [5.74, 6) is 0.255. The molecule has 4 aromatic rings. The molecule has 4 rings (SSSR count). The molecule has 2 aromatic carbocycles. The largest absolute Gasteiger partial charge is 0.484 e. The number of hydrogen-bond donors (Lipinski definition) is 0. The molecule has 0 spiro atoms. The highest BCUT2D eigenvalue weighted by Gasteiger charge is 2.36. The number of carbonyl (C=O) groups is 1. The van der Waals surface area contributed by atoms with Gasteiger partial charge >= 0.3 is 6.18 Å². The number of para-hydroxylation sites is 2. The maximum atomic E-state index is 13.7. The van der Waals surface area contributed by atoms with E-state index >= 15 is 0 Å². The van der Waals surface area contributed by atoms with Gasteiger partial charge in [-0.3, -0.25) is 4.79 Å². The summed E-state index contributed by atoms with van der Waals surface area (Å²) in [5.41, 5.74) is 0.625. The first-order chi connectivity index (χ1) is 17.8. The Labute approximate surface area is 222 Å². The Kier molecular flexibility index (Phi) is 7.80. The Hall–Kier alpha value is -3.44. The van der Waals surface area contributed by atoms with Crippen LogP contribution in [0.2, 0.25) is 0 Å². The summed E-state index contributed by atoms with van der Waals surface area (Å²) in [7, 11) is -3.43. The predicted octanol–water partition coefficient (Wildman–Crippen LogP) is 6.68. The quantitative estimate of drug-likeness (QED) is 0.227. The zero-order valence-electron chi connectivity index (χ0n) is 20.8. The first-order valence-corrected chi connectivity index (χ1v) is 14.4. The van der Waals surface area contributed by atoms with Crippen LogP contribution in [0.5, 0.6) is 5.75 Å². The summed E-state index contributed by atoms with van der Waals surface area (Å²) < 4.78 is 71.9. The van der Waals surface area contributed by atoms with E-state index in [-0.39, 0.29) is 40.3 Å². The molecule has 0 radical (unpaired) electrons. The number of thiophene rings is 1. The number of alkyl halides is 3. The summed E-state index contributed by atoms with van der Waals surface area (Å²) in [6.07, 6.45) is -3.25. The molecule has 0 aliphatic rings. The molecule has 200 valence electrons. The van der Waals surface area contributed by atoms with Gasteiger partial charge in [0.15, 0.2) is 21.3 Å². The molecule has 6 nitrogen and oxygen atoms in total. The molecular weight excluding hydrogens is 537 g/mol. The molecule has 0 amide bonds. The van der Waals surface area contributed by atoms with Crippen molar-refractivity contribution in [3.63, 3.8) is 0 Å². The molecule has 0 aliphatic heterocycles. The predicted molar refractivity (Wildman–Crippen MR) is 140 cm³/mol. The van der Waals surface area contributed by atoms with E-state index in [1.54, 1.807) is 47.8 Å². The lowest BCUT2D eigenvalue weighted by Crippen LogP contribution is -2.14. The Balaban J connectivity index is 1.76. The lowest BCUT2D eigenvalue weighted by molar-refractivity contribution is -0.141. The fourth-order valence-electron chi connectivity index (χ4n) is 3.83. The molecule has 2 heterocycles. The molecule has 11 heteroatoms. The van der Waals surface area contributed by atoms with Crippen molar-refractivity contribution in [1.29, 1.82) is 0 Å². The molecule has 2 aromatic heterocycles. The second-order valence-corrected chi connectivity index (χ2v) is 12.1. The average Bonchev–Trinajstić information content (AvgIpc) is 3.50. The number of carbonyl (C=O) groups excluding carboxylic acids is 1. The van der Waals surface area contributed by atoms with Crippen LogP contribution in [-0.2, 0) is 20.8 Å². The molecule has 0 fully saturated rings. The average molecular weight is 563 g/mol. The first-order valence-electron chi connectivity index (χ1n) is 11.6. The van der Waals surface area contributed by atoms with Crippen molar-refractivity contribution in [2.45, 2.75) is 31.3 Å². The second-order valence-electron chi connectivity index (χ2n) is 9.22. The van der Waals surface area contributed by atoms with Gasteiger partial charge in [-0.15, -0.1) is 11.3 Å². The third-order valence-electron chi connectivity index (χ3n) is 5.57. The van der Waals surface area contributed by atoms with E-state index in [1.165, 1.54) is 23.5 Å². The molecule has 0 atom stereocenters. The van der Waals surface area contributed by atoms with E-state index in [9.17, 15) is 26.4 Å². The van der Waals surface area contributed by atoms with Gasteiger partial charge in [0.05, 0.1) is 15.5 Å². The maximum Gasteiger partial charge on any atom is 0.435 e. The zero-order chi connectivity index (χ0) is 27.7. The molecule has 0 bridgehead atoms. The van der Waals surface area contributed by atoms with Crippen LogP contribution in [0.25, 0.3) is 27.4 Å². The second kappa shape index (κ2) is 10.7. The van der Waals surface area contributed by atoms with Crippen molar-refractivity contribution in [1.82, 2.24) is 9.78 Å². The minimum Gasteiger partial charge on any atom is -0.484 e. The molecule has 0 saturated carbocycles. The highest BCUT2D eigenvalue weighted by atomic mass is 32.2. The number of ketones is 1. The zero-order valence-corrected chi connectivity index (χ0v) is 22.5. The van der Waals surface area contributed by atoms with Gasteiger partial charge in [0, 0.05) is 12.7 Å². The molecular formula is C27H25F3N2O4S2. The van der Waals surface area contributed by atoms with Gasteiger partial charge < -0.3 is 4.74 Å². The lowest BCUT2D eigenvalue weighted by atomic mass is 10.1. The smallest absolute Gasteiger partial charge is 0.435 e. The third kappa shape index (κ3) is 6.33. The van der Waals surface area contributed by atoms with Crippen molar-refractivity contribution in [2.24, 2.45) is 5.92 Å². The van der Waals surface area contributed by atoms with Gasteiger partial charge in [-0.1, -0.05) is 38.1 Å². The SMILES string of the molecule is CC(C)CC(=O)COc1ccccc1-n1nc(C(F)(F)F)cc1-c1cc(-c2cccc(S(C)(=O)=O)c2)cs1. The van der Waals surface area contributed by atoms with Crippen LogP contribution in [0.15, 0.2) is 70.9 Å². The minimum atomic E-state index is -4.69. The van der Waals surface area contributed by atoms with Crippen LogP contribution < -0.4 is 4.74 Å². The normalized spacial score (nSPS) is 12.2. The van der Waals surface area contributed by atoms with Gasteiger partial charge in [-0.2, -0.15) is 18.3 Å². The van der Waals surface area contributed by atoms with E-state index in [0.717, 1.165) is 17.0 Å².